The fourth-order valence-electron chi connectivity index (χ4n) is 5.41. The van der Waals surface area contributed by atoms with E-state index in [2.05, 4.69) is 61.4 Å². The molecule has 19 heteroatoms. The summed E-state index contributed by atoms with van der Waals surface area (Å²) in [5.74, 6) is -1.26. The molecule has 2 saturated heterocycles. The van der Waals surface area contributed by atoms with Gasteiger partial charge in [0.05, 0.1) is 35.1 Å². The lowest BCUT2D eigenvalue weighted by Crippen LogP contribution is -2.50. The van der Waals surface area contributed by atoms with Crippen molar-refractivity contribution in [3.63, 3.8) is 0 Å². The number of aromatic carboxylic acids is 1. The molecule has 3 amide bonds. The van der Waals surface area contributed by atoms with Crippen LogP contribution in [0.3, 0.4) is 0 Å². The van der Waals surface area contributed by atoms with Gasteiger partial charge >= 0.3 is 18.2 Å². The van der Waals surface area contributed by atoms with Crippen LogP contribution in [-0.4, -0.2) is 112 Å². The number of rotatable bonds is 5. The summed E-state index contributed by atoms with van der Waals surface area (Å²) in [7, 11) is 0. The van der Waals surface area contributed by atoms with Gasteiger partial charge in [-0.1, -0.05) is 7.43 Å². The maximum absolute atomic E-state index is 12.4. The van der Waals surface area contributed by atoms with Crippen LogP contribution in [0.2, 0.25) is 0 Å². The molecule has 4 aromatic rings. The van der Waals surface area contributed by atoms with E-state index in [1.807, 2.05) is 53.7 Å². The second-order valence-corrected chi connectivity index (χ2v) is 16.3. The molecule has 0 aliphatic carbocycles. The van der Waals surface area contributed by atoms with E-state index in [1.54, 1.807) is 46.7 Å². The van der Waals surface area contributed by atoms with Gasteiger partial charge in [-0.2, -0.15) is 0 Å². The van der Waals surface area contributed by atoms with E-state index in [1.165, 1.54) is 12.1 Å². The molecule has 0 bridgehead atoms. The molecule has 0 saturated carbocycles. The minimum atomic E-state index is -1.05. The van der Waals surface area contributed by atoms with E-state index < -0.39 is 17.2 Å². The standard InChI is InChI=1S/C19H23BrN4O4.C14H22N4O2.C5H3BrO3.CH4/c1-19(2,3)28-18(26)24-10-8-23(9-11-24)14-6-7-21-12-13(14)22-17(25)15-4-5-16(20)27-15;1-14(2,3)20-13(19)18-8-6-17(7-9-18)12-4-5-16-10-11(12)15;6-4-2-1-3(9-4)5(7)8;/h4-7,12H,8-11H2,1-3H3,(H,22,25);4-5,10H,6-9,15H2,1-3H3;1-2H,(H,7,8);1H4. The lowest BCUT2D eigenvalue weighted by Gasteiger charge is -2.37. The number of carbonyl (C=O) groups excluding carboxylic acids is 3. The van der Waals surface area contributed by atoms with E-state index in [4.69, 9.17) is 24.7 Å². The van der Waals surface area contributed by atoms with Gasteiger partial charge < -0.3 is 54.1 Å². The number of ether oxygens (including phenoxy) is 2. The highest BCUT2D eigenvalue weighted by atomic mass is 79.9. The van der Waals surface area contributed by atoms with E-state index in [-0.39, 0.29) is 37.0 Å². The van der Waals surface area contributed by atoms with Crippen LogP contribution in [0.1, 0.15) is 70.1 Å². The molecule has 0 aromatic carbocycles. The molecule has 316 valence electrons. The second kappa shape index (κ2) is 20.9. The van der Waals surface area contributed by atoms with Gasteiger partial charge in [0.15, 0.2) is 15.1 Å². The first kappa shape index (κ1) is 47.1. The topological polar surface area (TPSA) is 210 Å². The van der Waals surface area contributed by atoms with Crippen molar-refractivity contribution in [1.29, 1.82) is 0 Å². The zero-order chi connectivity index (χ0) is 41.9. The fraction of sp³-hybridized carbons (Fsp3) is 0.436. The highest BCUT2D eigenvalue weighted by molar-refractivity contribution is 9.10. The first-order chi connectivity index (χ1) is 26.8. The number of nitrogens with zero attached hydrogens (tertiary/aromatic N) is 6. The van der Waals surface area contributed by atoms with Crippen molar-refractivity contribution in [2.24, 2.45) is 0 Å². The predicted molar refractivity (Wildman–Crippen MR) is 227 cm³/mol. The summed E-state index contributed by atoms with van der Waals surface area (Å²) in [6.07, 6.45) is 6.10. The number of anilines is 4. The summed E-state index contributed by atoms with van der Waals surface area (Å²) in [5, 5.41) is 11.1. The van der Waals surface area contributed by atoms with Gasteiger partial charge in [0, 0.05) is 64.8 Å². The summed E-state index contributed by atoms with van der Waals surface area (Å²) in [6, 6.07) is 9.91. The Morgan fingerprint density at radius 1 is 0.690 bits per heavy atom. The van der Waals surface area contributed by atoms with Gasteiger partial charge in [-0.25, -0.2) is 14.4 Å². The number of furan rings is 2. The molecule has 6 rings (SSSR count). The molecule has 0 unspecified atom stereocenters. The Morgan fingerprint density at radius 2 is 1.12 bits per heavy atom. The zero-order valence-corrected chi connectivity index (χ0v) is 35.8. The number of carbonyl (C=O) groups is 4. The molecule has 4 N–H and O–H groups in total. The van der Waals surface area contributed by atoms with Crippen molar-refractivity contribution in [2.45, 2.75) is 60.2 Å². The maximum Gasteiger partial charge on any atom is 0.410 e. The number of nitrogens with one attached hydrogen (secondary N) is 1. The summed E-state index contributed by atoms with van der Waals surface area (Å²) < 4.78 is 21.7. The number of aromatic nitrogens is 2. The largest absolute Gasteiger partial charge is 0.475 e. The highest BCUT2D eigenvalue weighted by Gasteiger charge is 2.28. The van der Waals surface area contributed by atoms with Gasteiger partial charge in [0.2, 0.25) is 5.76 Å². The lowest BCUT2D eigenvalue weighted by atomic mass is 10.2. The lowest BCUT2D eigenvalue weighted by molar-refractivity contribution is 0.0230. The number of nitrogens with two attached hydrogens (primary N) is 1. The number of halogens is 2. The van der Waals surface area contributed by atoms with Crippen LogP contribution in [-0.2, 0) is 9.47 Å². The molecule has 2 aliphatic rings. The first-order valence-corrected chi connectivity index (χ1v) is 19.5. The number of hydrogen-bond acceptors (Lipinski definition) is 13. The van der Waals surface area contributed by atoms with Gasteiger partial charge in [-0.05, 0) is 110 Å². The number of piperazine rings is 2. The van der Waals surface area contributed by atoms with Crippen molar-refractivity contribution >= 4 is 78.7 Å². The Balaban J connectivity index is 0.000000260. The SMILES string of the molecule is C.CC(C)(C)OC(=O)N1CCN(c2ccncc2N)CC1.CC(C)(C)OC(=O)N1CCN(c2ccncc2NC(=O)c2ccc(Br)o2)CC1.O=C(O)c1ccc(Br)o1. The third-order valence-electron chi connectivity index (χ3n) is 8.00. The molecular formula is C39H52Br2N8O9. The predicted octanol–water partition coefficient (Wildman–Crippen LogP) is 7.84. The number of carboxylic acid groups (broad SMARTS) is 1. The van der Waals surface area contributed by atoms with Crippen LogP contribution in [0.5, 0.6) is 0 Å². The monoisotopic (exact) mass is 934 g/mol. The van der Waals surface area contributed by atoms with Crippen molar-refractivity contribution in [3.8, 4) is 0 Å². The summed E-state index contributed by atoms with van der Waals surface area (Å²) in [4.78, 5) is 62.5. The van der Waals surface area contributed by atoms with Crippen LogP contribution in [0.25, 0.3) is 0 Å². The Kier molecular flexibility index (Phi) is 17.0. The molecule has 4 aromatic heterocycles. The molecule has 58 heavy (non-hydrogen) atoms. The minimum absolute atomic E-state index is 0. The smallest absolute Gasteiger partial charge is 0.410 e. The van der Waals surface area contributed by atoms with Crippen molar-refractivity contribution in [2.75, 3.05) is 73.2 Å². The van der Waals surface area contributed by atoms with Crippen LogP contribution >= 0.6 is 31.9 Å². The van der Waals surface area contributed by atoms with Crippen LogP contribution in [0, 0.1) is 0 Å². The number of nitrogen functional groups attached to an aromatic ring is 1. The average molecular weight is 937 g/mol. The van der Waals surface area contributed by atoms with E-state index in [0.717, 1.165) is 24.5 Å². The average Bonchev–Trinajstić information content (AvgIpc) is 3.80. The molecule has 0 spiro atoms. The normalized spacial score (nSPS) is 14.1. The molecule has 2 fully saturated rings. The summed E-state index contributed by atoms with van der Waals surface area (Å²) >= 11 is 6.16. The third kappa shape index (κ3) is 14.6. The molecular weight excluding hydrogens is 884 g/mol. The maximum atomic E-state index is 12.4. The van der Waals surface area contributed by atoms with Crippen LogP contribution in [0.4, 0.5) is 32.3 Å². The minimum Gasteiger partial charge on any atom is -0.475 e. The Morgan fingerprint density at radius 3 is 1.52 bits per heavy atom. The Labute approximate surface area is 355 Å². The number of pyridine rings is 2. The molecule has 0 radical (unpaired) electrons. The molecule has 6 heterocycles. The van der Waals surface area contributed by atoms with Crippen molar-refractivity contribution < 1.29 is 42.6 Å². The highest BCUT2D eigenvalue weighted by Crippen LogP contribution is 2.28. The van der Waals surface area contributed by atoms with Crippen LogP contribution < -0.4 is 20.9 Å². The van der Waals surface area contributed by atoms with E-state index >= 15 is 0 Å². The number of hydrogen-bond donors (Lipinski definition) is 3. The molecule has 2 aliphatic heterocycles. The summed E-state index contributed by atoms with van der Waals surface area (Å²) in [6.45, 7) is 16.3. The third-order valence-corrected chi connectivity index (χ3v) is 8.85. The first-order valence-electron chi connectivity index (χ1n) is 17.9. The fourth-order valence-corrected chi connectivity index (χ4v) is 6.02. The van der Waals surface area contributed by atoms with Gasteiger partial charge in [0.1, 0.15) is 11.2 Å². The van der Waals surface area contributed by atoms with Gasteiger partial charge in [0.25, 0.3) is 5.91 Å². The van der Waals surface area contributed by atoms with Crippen molar-refractivity contribution in [3.05, 3.63) is 82.0 Å². The van der Waals surface area contributed by atoms with Crippen molar-refractivity contribution in [1.82, 2.24) is 19.8 Å². The van der Waals surface area contributed by atoms with Gasteiger partial charge in [-0.15, -0.1) is 0 Å². The quantitative estimate of drug-likeness (QED) is 0.174. The number of amides is 3. The van der Waals surface area contributed by atoms with Gasteiger partial charge in [-0.3, -0.25) is 14.8 Å². The van der Waals surface area contributed by atoms with Crippen LogP contribution in [0.15, 0.2) is 79.4 Å². The molecule has 17 nitrogen and oxygen atoms in total. The Bertz CT molecular complexity index is 1980. The second-order valence-electron chi connectivity index (χ2n) is 14.7. The molecule has 0 atom stereocenters. The Hall–Kier alpha value is -5.30. The zero-order valence-electron chi connectivity index (χ0n) is 32.7. The van der Waals surface area contributed by atoms with E-state index in [9.17, 15) is 19.2 Å². The summed E-state index contributed by atoms with van der Waals surface area (Å²) in [5.41, 5.74) is 8.02. The van der Waals surface area contributed by atoms with E-state index in [0.29, 0.717) is 60.0 Å². The number of carboxylic acids is 1.